The standard InChI is InChI=1S/C15H20N2O/c1-4-15(18)17-14-9-12(11-5-6-11)7-8-13(14)16-10(2)3/h4,7-11,16H,1,5-6H2,2-3H3,(H,17,18). The quantitative estimate of drug-likeness (QED) is 0.778. The lowest BCUT2D eigenvalue weighted by Crippen LogP contribution is -2.14. The van der Waals surface area contributed by atoms with Gasteiger partial charge in [0.2, 0.25) is 5.91 Å². The van der Waals surface area contributed by atoms with Crippen LogP contribution in [0, 0.1) is 0 Å². The lowest BCUT2D eigenvalue weighted by Gasteiger charge is -2.16. The molecule has 3 heteroatoms. The second-order valence-corrected chi connectivity index (χ2v) is 5.07. The number of anilines is 2. The number of benzene rings is 1. The molecule has 0 radical (unpaired) electrons. The molecule has 0 atom stereocenters. The molecule has 0 aliphatic heterocycles. The molecular weight excluding hydrogens is 224 g/mol. The highest BCUT2D eigenvalue weighted by Gasteiger charge is 2.24. The van der Waals surface area contributed by atoms with Crippen molar-refractivity contribution in [1.29, 1.82) is 0 Å². The highest BCUT2D eigenvalue weighted by molar-refractivity contribution is 6.01. The Balaban J connectivity index is 2.26. The highest BCUT2D eigenvalue weighted by atomic mass is 16.1. The topological polar surface area (TPSA) is 41.1 Å². The monoisotopic (exact) mass is 244 g/mol. The van der Waals surface area contributed by atoms with E-state index in [2.05, 4.69) is 43.2 Å². The second kappa shape index (κ2) is 5.25. The molecule has 1 aromatic rings. The average Bonchev–Trinajstić information content (AvgIpc) is 3.14. The van der Waals surface area contributed by atoms with Crippen LogP contribution in [0.3, 0.4) is 0 Å². The molecule has 0 aromatic heterocycles. The zero-order chi connectivity index (χ0) is 13.1. The van der Waals surface area contributed by atoms with E-state index < -0.39 is 0 Å². The van der Waals surface area contributed by atoms with Crippen LogP contribution in [0.2, 0.25) is 0 Å². The smallest absolute Gasteiger partial charge is 0.247 e. The van der Waals surface area contributed by atoms with Gasteiger partial charge in [-0.25, -0.2) is 0 Å². The molecule has 0 heterocycles. The van der Waals surface area contributed by atoms with Crippen molar-refractivity contribution >= 4 is 17.3 Å². The van der Waals surface area contributed by atoms with Crippen molar-refractivity contribution in [2.75, 3.05) is 10.6 Å². The Morgan fingerprint density at radius 2 is 2.11 bits per heavy atom. The third-order valence-electron chi connectivity index (χ3n) is 2.98. The molecular formula is C15H20N2O. The molecule has 1 aliphatic carbocycles. The minimum absolute atomic E-state index is 0.172. The predicted molar refractivity (Wildman–Crippen MR) is 76.0 cm³/mol. The van der Waals surface area contributed by atoms with Crippen LogP contribution in [0.4, 0.5) is 11.4 Å². The summed E-state index contributed by atoms with van der Waals surface area (Å²) in [6.45, 7) is 7.64. The maximum absolute atomic E-state index is 11.5. The maximum atomic E-state index is 11.5. The molecule has 96 valence electrons. The number of amides is 1. The van der Waals surface area contributed by atoms with Crippen LogP contribution in [0.5, 0.6) is 0 Å². The summed E-state index contributed by atoms with van der Waals surface area (Å²) in [5.74, 6) is 0.507. The molecule has 1 saturated carbocycles. The minimum Gasteiger partial charge on any atom is -0.381 e. The third kappa shape index (κ3) is 3.13. The van der Waals surface area contributed by atoms with Crippen LogP contribution in [-0.2, 0) is 4.79 Å². The summed E-state index contributed by atoms with van der Waals surface area (Å²) in [6, 6.07) is 6.60. The van der Waals surface area contributed by atoms with E-state index in [-0.39, 0.29) is 5.91 Å². The van der Waals surface area contributed by atoms with E-state index in [9.17, 15) is 4.79 Å². The van der Waals surface area contributed by atoms with E-state index >= 15 is 0 Å². The summed E-state index contributed by atoms with van der Waals surface area (Å²) in [5.41, 5.74) is 3.12. The Morgan fingerprint density at radius 3 is 2.67 bits per heavy atom. The van der Waals surface area contributed by atoms with Gasteiger partial charge in [0.1, 0.15) is 0 Å². The van der Waals surface area contributed by atoms with Gasteiger partial charge >= 0.3 is 0 Å². The molecule has 18 heavy (non-hydrogen) atoms. The first kappa shape index (κ1) is 12.7. The summed E-state index contributed by atoms with van der Waals surface area (Å²) < 4.78 is 0. The molecule has 0 spiro atoms. The van der Waals surface area contributed by atoms with Crippen LogP contribution in [0.15, 0.2) is 30.9 Å². The molecule has 3 nitrogen and oxygen atoms in total. The maximum Gasteiger partial charge on any atom is 0.247 e. The molecule has 1 fully saturated rings. The fourth-order valence-electron chi connectivity index (χ4n) is 1.96. The van der Waals surface area contributed by atoms with Crippen molar-refractivity contribution < 1.29 is 4.79 Å². The largest absolute Gasteiger partial charge is 0.381 e. The van der Waals surface area contributed by atoms with Crippen molar-refractivity contribution in [3.05, 3.63) is 36.4 Å². The van der Waals surface area contributed by atoms with Crippen LogP contribution in [-0.4, -0.2) is 11.9 Å². The Hall–Kier alpha value is -1.77. The zero-order valence-electron chi connectivity index (χ0n) is 11.0. The van der Waals surface area contributed by atoms with E-state index in [0.29, 0.717) is 12.0 Å². The number of hydrogen-bond acceptors (Lipinski definition) is 2. The summed E-state index contributed by atoms with van der Waals surface area (Å²) in [4.78, 5) is 11.5. The number of carbonyl (C=O) groups excluding carboxylic acids is 1. The Morgan fingerprint density at radius 1 is 1.39 bits per heavy atom. The first-order valence-electron chi connectivity index (χ1n) is 6.44. The zero-order valence-corrected chi connectivity index (χ0v) is 11.0. The van der Waals surface area contributed by atoms with Gasteiger partial charge in [0.05, 0.1) is 11.4 Å². The number of rotatable bonds is 5. The van der Waals surface area contributed by atoms with E-state index in [0.717, 1.165) is 11.4 Å². The van der Waals surface area contributed by atoms with E-state index in [4.69, 9.17) is 0 Å². The van der Waals surface area contributed by atoms with E-state index in [1.54, 1.807) is 0 Å². The fourth-order valence-corrected chi connectivity index (χ4v) is 1.96. The first-order chi connectivity index (χ1) is 8.60. The minimum atomic E-state index is -0.172. The Labute approximate surface area is 108 Å². The van der Waals surface area contributed by atoms with Gasteiger partial charge in [0.15, 0.2) is 0 Å². The van der Waals surface area contributed by atoms with Crippen LogP contribution in [0.25, 0.3) is 0 Å². The normalized spacial score (nSPS) is 14.4. The lowest BCUT2D eigenvalue weighted by atomic mass is 10.1. The van der Waals surface area contributed by atoms with Crippen molar-refractivity contribution in [3.63, 3.8) is 0 Å². The van der Waals surface area contributed by atoms with Gasteiger partial charge in [-0.3, -0.25) is 4.79 Å². The van der Waals surface area contributed by atoms with Crippen LogP contribution < -0.4 is 10.6 Å². The SMILES string of the molecule is C=CC(=O)Nc1cc(C2CC2)ccc1NC(C)C. The van der Waals surface area contributed by atoms with Gasteiger partial charge < -0.3 is 10.6 Å². The lowest BCUT2D eigenvalue weighted by molar-refractivity contribution is -0.111. The van der Waals surface area contributed by atoms with E-state index in [1.165, 1.54) is 24.5 Å². The number of hydrogen-bond donors (Lipinski definition) is 2. The summed E-state index contributed by atoms with van der Waals surface area (Å²) in [7, 11) is 0. The van der Waals surface area contributed by atoms with Gasteiger partial charge in [0, 0.05) is 6.04 Å². The molecule has 1 amide bonds. The molecule has 2 N–H and O–H groups in total. The van der Waals surface area contributed by atoms with Gasteiger partial charge in [-0.05, 0) is 56.4 Å². The first-order valence-corrected chi connectivity index (χ1v) is 6.44. The summed E-state index contributed by atoms with van der Waals surface area (Å²) >= 11 is 0. The van der Waals surface area contributed by atoms with Gasteiger partial charge in [-0.2, -0.15) is 0 Å². The summed E-state index contributed by atoms with van der Waals surface area (Å²) in [5, 5.41) is 6.21. The Kier molecular flexibility index (Phi) is 3.70. The average molecular weight is 244 g/mol. The second-order valence-electron chi connectivity index (χ2n) is 5.07. The fraction of sp³-hybridized carbons (Fsp3) is 0.400. The molecule has 1 aromatic carbocycles. The van der Waals surface area contributed by atoms with Gasteiger partial charge in [-0.1, -0.05) is 12.6 Å². The molecule has 0 saturated heterocycles. The van der Waals surface area contributed by atoms with Gasteiger partial charge in [-0.15, -0.1) is 0 Å². The Bertz CT molecular complexity index is 462. The summed E-state index contributed by atoms with van der Waals surface area (Å²) in [6.07, 6.45) is 3.81. The molecule has 0 bridgehead atoms. The van der Waals surface area contributed by atoms with E-state index in [1.807, 2.05) is 6.07 Å². The van der Waals surface area contributed by atoms with Gasteiger partial charge in [0.25, 0.3) is 0 Å². The number of carbonyl (C=O) groups is 1. The molecule has 0 unspecified atom stereocenters. The molecule has 2 rings (SSSR count). The van der Waals surface area contributed by atoms with Crippen molar-refractivity contribution in [3.8, 4) is 0 Å². The van der Waals surface area contributed by atoms with Crippen LogP contribution >= 0.6 is 0 Å². The van der Waals surface area contributed by atoms with Crippen molar-refractivity contribution in [2.24, 2.45) is 0 Å². The molecule has 1 aliphatic rings. The predicted octanol–water partition coefficient (Wildman–Crippen LogP) is 3.51. The van der Waals surface area contributed by atoms with Crippen molar-refractivity contribution in [2.45, 2.75) is 38.6 Å². The number of nitrogens with one attached hydrogen (secondary N) is 2. The van der Waals surface area contributed by atoms with Crippen molar-refractivity contribution in [1.82, 2.24) is 0 Å². The highest BCUT2D eigenvalue weighted by Crippen LogP contribution is 2.42. The third-order valence-corrected chi connectivity index (χ3v) is 2.98. The van der Waals surface area contributed by atoms with Crippen LogP contribution in [0.1, 0.15) is 38.2 Å².